The first-order valence-electron chi connectivity index (χ1n) is 6.39. The number of aromatic nitrogens is 1. The Kier molecular flexibility index (Phi) is 2.71. The van der Waals surface area contributed by atoms with Crippen molar-refractivity contribution >= 4 is 23.1 Å². The molecule has 4 heteroatoms. The fourth-order valence-electron chi connectivity index (χ4n) is 3.49. The average molecular weight is 269 g/mol. The highest BCUT2D eigenvalue weighted by Crippen LogP contribution is 2.57. The smallest absolute Gasteiger partial charge is 0.305 e. The van der Waals surface area contributed by atoms with Crippen molar-refractivity contribution in [1.82, 2.24) is 4.98 Å². The predicted molar refractivity (Wildman–Crippen MR) is 74.1 cm³/mol. The van der Waals surface area contributed by atoms with E-state index in [0.717, 1.165) is 16.9 Å². The van der Waals surface area contributed by atoms with Crippen LogP contribution in [0.15, 0.2) is 9.82 Å². The van der Waals surface area contributed by atoms with Gasteiger partial charge in [-0.05, 0) is 24.7 Å². The summed E-state index contributed by atoms with van der Waals surface area (Å²) in [6.45, 7) is 7.02. The van der Waals surface area contributed by atoms with Crippen LogP contribution in [0.1, 0.15) is 50.8 Å². The van der Waals surface area contributed by atoms with E-state index in [1.54, 1.807) is 0 Å². The Morgan fingerprint density at radius 1 is 1.35 bits per heavy atom. The van der Waals surface area contributed by atoms with Crippen LogP contribution in [0.5, 0.6) is 0 Å². The number of aromatic amines is 1. The molecule has 17 heavy (non-hydrogen) atoms. The second-order valence-electron chi connectivity index (χ2n) is 6.04. The van der Waals surface area contributed by atoms with Crippen molar-refractivity contribution < 1.29 is 0 Å². The largest absolute Gasteiger partial charge is 0.307 e. The summed E-state index contributed by atoms with van der Waals surface area (Å²) in [7, 11) is 0. The Hall–Kier alpha value is -0.220. The predicted octanol–water partition coefficient (Wildman–Crippen LogP) is 3.84. The van der Waals surface area contributed by atoms with Gasteiger partial charge in [-0.25, -0.2) is 0 Å². The maximum Gasteiger partial charge on any atom is 0.305 e. The van der Waals surface area contributed by atoms with Gasteiger partial charge in [0, 0.05) is 15.5 Å². The quantitative estimate of drug-likeness (QED) is 0.776. The maximum absolute atomic E-state index is 11.6. The summed E-state index contributed by atoms with van der Waals surface area (Å²) in [5.74, 6) is 2.16. The summed E-state index contributed by atoms with van der Waals surface area (Å²) >= 11 is 3.32. The molecule has 0 amide bonds. The monoisotopic (exact) mass is 269 g/mol. The third-order valence-electron chi connectivity index (χ3n) is 4.35. The number of hydrogen-bond donors (Lipinski definition) is 1. The second-order valence-corrected chi connectivity index (χ2v) is 8.72. The average Bonchev–Trinajstić information content (AvgIpc) is 2.57. The lowest BCUT2D eigenvalue weighted by atomic mass is 9.69. The molecule has 94 valence electrons. The Bertz CT molecular complexity index is 488. The molecular weight excluding hydrogens is 250 g/mol. The third-order valence-corrected chi connectivity index (χ3v) is 6.85. The number of fused-ring (bicyclic) bond motifs is 3. The molecule has 0 aromatic carbocycles. The summed E-state index contributed by atoms with van der Waals surface area (Å²) in [6, 6.07) is 0. The van der Waals surface area contributed by atoms with Gasteiger partial charge in [-0.1, -0.05) is 38.5 Å². The summed E-state index contributed by atoms with van der Waals surface area (Å²) < 4.78 is 0.266. The summed E-state index contributed by atoms with van der Waals surface area (Å²) in [6.07, 6.45) is 3.92. The van der Waals surface area contributed by atoms with Crippen molar-refractivity contribution in [3.8, 4) is 0 Å². The van der Waals surface area contributed by atoms with Crippen molar-refractivity contribution in [3.05, 3.63) is 14.5 Å². The molecule has 0 spiro atoms. The molecule has 1 N–H and O–H groups in total. The molecule has 3 rings (SSSR count). The van der Waals surface area contributed by atoms with Crippen LogP contribution in [0.2, 0.25) is 0 Å². The second kappa shape index (κ2) is 3.89. The van der Waals surface area contributed by atoms with Crippen molar-refractivity contribution in [2.45, 2.75) is 55.7 Å². The maximum atomic E-state index is 11.6. The van der Waals surface area contributed by atoms with Crippen LogP contribution in [0.4, 0.5) is 0 Å². The molecule has 2 heterocycles. The van der Waals surface area contributed by atoms with E-state index in [4.69, 9.17) is 0 Å². The van der Waals surface area contributed by atoms with E-state index in [-0.39, 0.29) is 9.62 Å². The molecule has 0 saturated heterocycles. The van der Waals surface area contributed by atoms with Crippen LogP contribution in [0, 0.1) is 11.8 Å². The Balaban J connectivity index is 2.07. The molecule has 1 aromatic heterocycles. The number of nitrogens with one attached hydrogen (secondary N) is 1. The lowest BCUT2D eigenvalue weighted by Crippen LogP contribution is -2.39. The fourth-order valence-corrected chi connectivity index (χ4v) is 6.07. The van der Waals surface area contributed by atoms with Crippen molar-refractivity contribution in [2.75, 3.05) is 0 Å². The minimum absolute atomic E-state index is 0.122. The van der Waals surface area contributed by atoms with Crippen LogP contribution in [-0.2, 0) is 0 Å². The van der Waals surface area contributed by atoms with Gasteiger partial charge in [0.1, 0.15) is 0 Å². The van der Waals surface area contributed by atoms with E-state index in [1.807, 2.05) is 11.8 Å². The summed E-state index contributed by atoms with van der Waals surface area (Å²) in [5.41, 5.74) is 0. The molecular formula is C13H19NOS2. The Morgan fingerprint density at radius 2 is 2.12 bits per heavy atom. The summed E-state index contributed by atoms with van der Waals surface area (Å²) in [5, 5.41) is 1.15. The van der Waals surface area contributed by atoms with E-state index in [0.29, 0.717) is 5.92 Å². The molecule has 3 atom stereocenters. The van der Waals surface area contributed by atoms with Gasteiger partial charge in [0.2, 0.25) is 0 Å². The lowest BCUT2D eigenvalue weighted by Gasteiger charge is -2.46. The van der Waals surface area contributed by atoms with Gasteiger partial charge in [0.25, 0.3) is 0 Å². The van der Waals surface area contributed by atoms with Crippen LogP contribution in [0.3, 0.4) is 0 Å². The van der Waals surface area contributed by atoms with Gasteiger partial charge in [-0.2, -0.15) is 0 Å². The van der Waals surface area contributed by atoms with Crippen molar-refractivity contribution in [1.29, 1.82) is 0 Å². The highest BCUT2D eigenvalue weighted by Gasteiger charge is 2.46. The first-order chi connectivity index (χ1) is 7.97. The molecule has 1 saturated carbocycles. The standard InChI is InChI=1S/C13H19NOS2/c1-7-4-5-9-8(6-7)10-11(14-12(15)16-10)17-13(9,2)3/h7-9H,4-6H2,1-3H3,(H,14,15)/t7-,8+,9-/m0/s1. The van der Waals surface area contributed by atoms with Gasteiger partial charge in [-0.15, -0.1) is 11.8 Å². The minimum atomic E-state index is 0.122. The molecule has 2 nitrogen and oxygen atoms in total. The summed E-state index contributed by atoms with van der Waals surface area (Å²) in [4.78, 5) is 16.1. The zero-order valence-corrected chi connectivity index (χ0v) is 12.2. The Morgan fingerprint density at radius 3 is 2.88 bits per heavy atom. The van der Waals surface area contributed by atoms with Crippen LogP contribution in [-0.4, -0.2) is 9.73 Å². The normalized spacial score (nSPS) is 35.1. The topological polar surface area (TPSA) is 32.9 Å². The SMILES string of the molecule is C[C@H]1CC[C@H]2[C@@H](C1)c1sc(=O)[nH]c1SC2(C)C. The van der Waals surface area contributed by atoms with Crippen LogP contribution >= 0.6 is 23.1 Å². The van der Waals surface area contributed by atoms with E-state index < -0.39 is 0 Å². The molecule has 1 fully saturated rings. The lowest BCUT2D eigenvalue weighted by molar-refractivity contribution is 0.210. The third kappa shape index (κ3) is 1.89. The molecule has 0 radical (unpaired) electrons. The first kappa shape index (κ1) is 11.8. The number of thioether (sulfide) groups is 1. The van der Waals surface area contributed by atoms with E-state index in [2.05, 4.69) is 25.8 Å². The van der Waals surface area contributed by atoms with Gasteiger partial charge >= 0.3 is 4.87 Å². The van der Waals surface area contributed by atoms with Crippen molar-refractivity contribution in [2.24, 2.45) is 11.8 Å². The molecule has 2 aliphatic rings. The van der Waals surface area contributed by atoms with E-state index in [1.165, 1.54) is 35.5 Å². The highest BCUT2D eigenvalue weighted by atomic mass is 32.2. The van der Waals surface area contributed by atoms with Gasteiger partial charge < -0.3 is 4.98 Å². The molecule has 1 aromatic rings. The van der Waals surface area contributed by atoms with Gasteiger partial charge in [0.05, 0.1) is 5.03 Å². The van der Waals surface area contributed by atoms with Crippen LogP contribution < -0.4 is 4.87 Å². The van der Waals surface area contributed by atoms with Crippen molar-refractivity contribution in [3.63, 3.8) is 0 Å². The van der Waals surface area contributed by atoms with Gasteiger partial charge in [-0.3, -0.25) is 4.79 Å². The number of thiazole rings is 1. The van der Waals surface area contributed by atoms with E-state index in [9.17, 15) is 4.79 Å². The van der Waals surface area contributed by atoms with E-state index >= 15 is 0 Å². The molecule has 0 unspecified atom stereocenters. The molecule has 0 bridgehead atoms. The molecule has 1 aliphatic carbocycles. The zero-order valence-electron chi connectivity index (χ0n) is 10.6. The number of H-pyrrole nitrogens is 1. The van der Waals surface area contributed by atoms with Gasteiger partial charge in [0.15, 0.2) is 0 Å². The highest BCUT2D eigenvalue weighted by molar-refractivity contribution is 8.00. The fraction of sp³-hybridized carbons (Fsp3) is 0.769. The zero-order chi connectivity index (χ0) is 12.2. The first-order valence-corrected chi connectivity index (χ1v) is 8.02. The number of rotatable bonds is 0. The van der Waals surface area contributed by atoms with Crippen LogP contribution in [0.25, 0.3) is 0 Å². The number of hydrogen-bond acceptors (Lipinski definition) is 3. The molecule has 1 aliphatic heterocycles. The Labute approximate surface area is 110 Å². The minimum Gasteiger partial charge on any atom is -0.307 e.